The molecule has 0 aliphatic carbocycles. The molecular formula is C27H23NO. The highest BCUT2D eigenvalue weighted by molar-refractivity contribution is 6.03. The van der Waals surface area contributed by atoms with Crippen LogP contribution in [0.3, 0.4) is 0 Å². The fraction of sp³-hybridized carbons (Fsp3) is 0.148. The summed E-state index contributed by atoms with van der Waals surface area (Å²) < 4.78 is 0. The van der Waals surface area contributed by atoms with Crippen LogP contribution in [0, 0.1) is 6.92 Å². The number of nitrogens with zero attached hydrogens (tertiary/aromatic N) is 1. The zero-order valence-electron chi connectivity index (χ0n) is 16.5. The van der Waals surface area contributed by atoms with Gasteiger partial charge in [0.05, 0.1) is 6.54 Å². The van der Waals surface area contributed by atoms with E-state index in [9.17, 15) is 4.79 Å². The van der Waals surface area contributed by atoms with Gasteiger partial charge in [-0.2, -0.15) is 0 Å². The summed E-state index contributed by atoms with van der Waals surface area (Å²) in [5, 5.41) is 2.46. The van der Waals surface area contributed by atoms with Gasteiger partial charge in [-0.1, -0.05) is 90.5 Å². The number of rotatable bonds is 3. The van der Waals surface area contributed by atoms with Crippen molar-refractivity contribution in [3.05, 3.63) is 113 Å². The third-order valence-electron chi connectivity index (χ3n) is 5.89. The Morgan fingerprint density at radius 2 is 1.66 bits per heavy atom. The molecule has 0 saturated carbocycles. The molecule has 29 heavy (non-hydrogen) atoms. The first-order chi connectivity index (χ1) is 14.2. The first kappa shape index (κ1) is 17.7. The Labute approximate surface area is 171 Å². The summed E-state index contributed by atoms with van der Waals surface area (Å²) in [6.45, 7) is 2.71. The van der Waals surface area contributed by atoms with Crippen LogP contribution in [0.1, 0.15) is 34.6 Å². The van der Waals surface area contributed by atoms with Gasteiger partial charge in [-0.05, 0) is 40.5 Å². The molecule has 5 rings (SSSR count). The minimum absolute atomic E-state index is 0.0792. The molecule has 1 amide bonds. The predicted octanol–water partition coefficient (Wildman–Crippen LogP) is 6.22. The highest BCUT2D eigenvalue weighted by Gasteiger charge is 2.33. The first-order valence-electron chi connectivity index (χ1n) is 10.1. The lowest BCUT2D eigenvalue weighted by atomic mass is 9.81. The second-order valence-electron chi connectivity index (χ2n) is 7.86. The quantitative estimate of drug-likeness (QED) is 0.415. The van der Waals surface area contributed by atoms with Gasteiger partial charge in [0.25, 0.3) is 0 Å². The highest BCUT2D eigenvalue weighted by Crippen LogP contribution is 2.44. The lowest BCUT2D eigenvalue weighted by Crippen LogP contribution is -2.36. The summed E-state index contributed by atoms with van der Waals surface area (Å²) in [5.41, 5.74) is 5.90. The first-order valence-corrected chi connectivity index (χ1v) is 10.1. The second-order valence-corrected chi connectivity index (χ2v) is 7.86. The molecule has 142 valence electrons. The summed E-state index contributed by atoms with van der Waals surface area (Å²) in [6.07, 6.45) is 0.497. The van der Waals surface area contributed by atoms with Crippen LogP contribution in [-0.4, -0.2) is 5.91 Å². The summed E-state index contributed by atoms with van der Waals surface area (Å²) in [4.78, 5) is 15.3. The molecule has 1 unspecified atom stereocenters. The molecule has 0 spiro atoms. The van der Waals surface area contributed by atoms with E-state index in [0.29, 0.717) is 13.0 Å². The zero-order chi connectivity index (χ0) is 19.8. The van der Waals surface area contributed by atoms with E-state index >= 15 is 0 Å². The minimum atomic E-state index is 0.0792. The normalized spacial score (nSPS) is 16.1. The molecular weight excluding hydrogens is 354 g/mol. The third kappa shape index (κ3) is 3.21. The Morgan fingerprint density at radius 1 is 0.862 bits per heavy atom. The molecule has 4 aromatic carbocycles. The fourth-order valence-electron chi connectivity index (χ4n) is 4.52. The number of anilines is 1. The maximum atomic E-state index is 13.3. The van der Waals surface area contributed by atoms with Gasteiger partial charge < -0.3 is 4.90 Å². The van der Waals surface area contributed by atoms with Crippen molar-refractivity contribution in [1.82, 2.24) is 0 Å². The van der Waals surface area contributed by atoms with Crippen molar-refractivity contribution in [2.45, 2.75) is 25.8 Å². The van der Waals surface area contributed by atoms with E-state index in [1.165, 1.54) is 27.5 Å². The van der Waals surface area contributed by atoms with Gasteiger partial charge in [0.1, 0.15) is 0 Å². The van der Waals surface area contributed by atoms with E-state index in [0.717, 1.165) is 11.3 Å². The Kier molecular flexibility index (Phi) is 4.40. The van der Waals surface area contributed by atoms with Crippen molar-refractivity contribution in [3.8, 4) is 0 Å². The van der Waals surface area contributed by atoms with Crippen LogP contribution in [0.25, 0.3) is 10.8 Å². The Balaban J connectivity index is 1.70. The van der Waals surface area contributed by atoms with E-state index in [1.807, 2.05) is 23.1 Å². The molecule has 1 aliphatic rings. The summed E-state index contributed by atoms with van der Waals surface area (Å²) in [7, 11) is 0. The molecule has 0 fully saturated rings. The largest absolute Gasteiger partial charge is 0.308 e. The van der Waals surface area contributed by atoms with Gasteiger partial charge in [-0.25, -0.2) is 0 Å². The maximum Gasteiger partial charge on any atom is 0.228 e. The number of fused-ring (bicyclic) bond motifs is 3. The summed E-state index contributed by atoms with van der Waals surface area (Å²) >= 11 is 0. The van der Waals surface area contributed by atoms with Crippen molar-refractivity contribution in [2.75, 3.05) is 4.90 Å². The smallest absolute Gasteiger partial charge is 0.228 e. The lowest BCUT2D eigenvalue weighted by Gasteiger charge is -2.35. The summed E-state index contributed by atoms with van der Waals surface area (Å²) in [5.74, 6) is 0.263. The van der Waals surface area contributed by atoms with E-state index in [1.54, 1.807) is 0 Å². The van der Waals surface area contributed by atoms with E-state index in [-0.39, 0.29) is 11.8 Å². The minimum Gasteiger partial charge on any atom is -0.308 e. The monoisotopic (exact) mass is 377 g/mol. The lowest BCUT2D eigenvalue weighted by molar-refractivity contribution is -0.119. The number of carbonyl (C=O) groups excluding carboxylic acids is 1. The number of hydrogen-bond acceptors (Lipinski definition) is 1. The van der Waals surface area contributed by atoms with E-state index in [4.69, 9.17) is 0 Å². The van der Waals surface area contributed by atoms with Crippen molar-refractivity contribution < 1.29 is 4.79 Å². The fourth-order valence-corrected chi connectivity index (χ4v) is 4.52. The standard InChI is InChI=1S/C27H23NO/c1-19-8-7-12-22(16-19)24-17-26(29)28(18-20-9-3-2-4-10-20)25-15-14-21-11-5-6-13-23(21)27(24)25/h2-16,24H,17-18H2,1H3. The molecule has 1 aliphatic heterocycles. The van der Waals surface area contributed by atoms with Crippen LogP contribution >= 0.6 is 0 Å². The number of benzene rings is 4. The zero-order valence-corrected chi connectivity index (χ0v) is 16.5. The van der Waals surface area contributed by atoms with Gasteiger partial charge in [0.2, 0.25) is 5.91 Å². The van der Waals surface area contributed by atoms with Gasteiger partial charge in [-0.15, -0.1) is 0 Å². The highest BCUT2D eigenvalue weighted by atomic mass is 16.2. The van der Waals surface area contributed by atoms with Crippen molar-refractivity contribution in [1.29, 1.82) is 0 Å². The van der Waals surface area contributed by atoms with Crippen LogP contribution in [0.4, 0.5) is 5.69 Å². The number of amides is 1. The summed E-state index contributed by atoms with van der Waals surface area (Å²) in [6, 6.07) is 31.6. The van der Waals surface area contributed by atoms with Crippen LogP contribution < -0.4 is 4.90 Å². The van der Waals surface area contributed by atoms with Gasteiger partial charge in [0.15, 0.2) is 0 Å². The number of hydrogen-bond donors (Lipinski definition) is 0. The average molecular weight is 377 g/mol. The SMILES string of the molecule is Cc1cccc(C2CC(=O)N(Cc3ccccc3)c3ccc4ccccc4c32)c1. The molecule has 0 radical (unpaired) electrons. The molecule has 2 heteroatoms. The molecule has 1 heterocycles. The van der Waals surface area contributed by atoms with Gasteiger partial charge in [-0.3, -0.25) is 4.79 Å². The Hall–Kier alpha value is -3.39. The topological polar surface area (TPSA) is 20.3 Å². The van der Waals surface area contributed by atoms with Crippen LogP contribution in [0.5, 0.6) is 0 Å². The molecule has 0 bridgehead atoms. The molecule has 2 nitrogen and oxygen atoms in total. The van der Waals surface area contributed by atoms with Crippen LogP contribution in [0.2, 0.25) is 0 Å². The maximum absolute atomic E-state index is 13.3. The van der Waals surface area contributed by atoms with Crippen molar-refractivity contribution >= 4 is 22.4 Å². The molecule has 4 aromatic rings. The molecule has 0 aromatic heterocycles. The molecule has 0 N–H and O–H groups in total. The molecule has 0 saturated heterocycles. The molecule has 1 atom stereocenters. The average Bonchev–Trinajstić information content (AvgIpc) is 2.76. The number of aryl methyl sites for hydroxylation is 1. The van der Waals surface area contributed by atoms with Crippen molar-refractivity contribution in [3.63, 3.8) is 0 Å². The Morgan fingerprint density at radius 3 is 2.48 bits per heavy atom. The van der Waals surface area contributed by atoms with Crippen molar-refractivity contribution in [2.24, 2.45) is 0 Å². The van der Waals surface area contributed by atoms with E-state index in [2.05, 4.69) is 79.7 Å². The van der Waals surface area contributed by atoms with Crippen LogP contribution in [0.15, 0.2) is 91.0 Å². The van der Waals surface area contributed by atoms with Crippen LogP contribution in [-0.2, 0) is 11.3 Å². The van der Waals surface area contributed by atoms with E-state index < -0.39 is 0 Å². The number of carbonyl (C=O) groups is 1. The third-order valence-corrected chi connectivity index (χ3v) is 5.89. The van der Waals surface area contributed by atoms with Gasteiger partial charge in [0, 0.05) is 18.0 Å². The predicted molar refractivity (Wildman–Crippen MR) is 119 cm³/mol. The second kappa shape index (κ2) is 7.21. The Bertz CT molecular complexity index is 1200. The van der Waals surface area contributed by atoms with Gasteiger partial charge >= 0.3 is 0 Å².